The minimum atomic E-state index is -0.695. The van der Waals surface area contributed by atoms with Crippen LogP contribution < -0.4 is 4.74 Å². The van der Waals surface area contributed by atoms with E-state index in [1.54, 1.807) is 0 Å². The highest BCUT2D eigenvalue weighted by atomic mass is 16.5. The van der Waals surface area contributed by atoms with E-state index in [0.717, 1.165) is 43.4 Å². The largest absolute Gasteiger partial charge is 0.494 e. The Kier molecular flexibility index (Phi) is 11.4. The van der Waals surface area contributed by atoms with E-state index in [9.17, 15) is 9.59 Å². The van der Waals surface area contributed by atoms with E-state index in [2.05, 4.69) is 0 Å². The molecule has 1 aromatic carbocycles. The summed E-state index contributed by atoms with van der Waals surface area (Å²) in [6, 6.07) is 7.37. The molecule has 1 N–H and O–H groups in total. The van der Waals surface area contributed by atoms with Gasteiger partial charge in [0.05, 0.1) is 13.2 Å². The molecule has 0 fully saturated rings. The lowest BCUT2D eigenvalue weighted by molar-refractivity contribution is -0.137. The number of carbonyl (C=O) groups excluding carboxylic acids is 1. The number of benzene rings is 1. The van der Waals surface area contributed by atoms with Crippen molar-refractivity contribution in [2.75, 3.05) is 27.2 Å². The fourth-order valence-corrected chi connectivity index (χ4v) is 2.74. The van der Waals surface area contributed by atoms with Crippen molar-refractivity contribution in [3.8, 4) is 5.75 Å². The van der Waals surface area contributed by atoms with Crippen molar-refractivity contribution in [3.63, 3.8) is 0 Å². The first-order valence-corrected chi connectivity index (χ1v) is 9.61. The predicted octanol–water partition coefficient (Wildman–Crippen LogP) is 4.41. The van der Waals surface area contributed by atoms with Crippen LogP contribution in [-0.2, 0) is 4.79 Å². The van der Waals surface area contributed by atoms with Gasteiger partial charge in [0.1, 0.15) is 5.75 Å². The molecule has 0 aliphatic carbocycles. The SMILES string of the molecule is CN(C)CC(=O)c1ccc(OCCCCCCCCCCC(=O)O)cc1. The Bertz CT molecular complexity index is 525. The van der Waals surface area contributed by atoms with Crippen molar-refractivity contribution in [2.24, 2.45) is 0 Å². The molecule has 26 heavy (non-hydrogen) atoms. The highest BCUT2D eigenvalue weighted by Gasteiger charge is 2.06. The molecule has 0 aromatic heterocycles. The zero-order valence-electron chi connectivity index (χ0n) is 16.2. The first kappa shape index (κ1) is 22.2. The van der Waals surface area contributed by atoms with E-state index in [4.69, 9.17) is 9.84 Å². The van der Waals surface area contributed by atoms with Crippen LogP contribution in [-0.4, -0.2) is 49.0 Å². The average molecular weight is 363 g/mol. The number of carbonyl (C=O) groups is 2. The van der Waals surface area contributed by atoms with Gasteiger partial charge >= 0.3 is 5.97 Å². The highest BCUT2D eigenvalue weighted by molar-refractivity contribution is 5.97. The van der Waals surface area contributed by atoms with Gasteiger partial charge < -0.3 is 14.7 Å². The Labute approximate surface area is 157 Å². The van der Waals surface area contributed by atoms with Crippen LogP contribution in [0.4, 0.5) is 0 Å². The van der Waals surface area contributed by atoms with Crippen molar-refractivity contribution in [3.05, 3.63) is 29.8 Å². The van der Waals surface area contributed by atoms with Gasteiger partial charge in [-0.1, -0.05) is 38.5 Å². The van der Waals surface area contributed by atoms with E-state index in [0.29, 0.717) is 19.6 Å². The van der Waals surface area contributed by atoms with Gasteiger partial charge in [0.25, 0.3) is 0 Å². The van der Waals surface area contributed by atoms with E-state index in [1.165, 1.54) is 19.3 Å². The van der Waals surface area contributed by atoms with Crippen LogP contribution in [0.15, 0.2) is 24.3 Å². The maximum atomic E-state index is 11.9. The topological polar surface area (TPSA) is 66.8 Å². The number of rotatable bonds is 15. The highest BCUT2D eigenvalue weighted by Crippen LogP contribution is 2.14. The van der Waals surface area contributed by atoms with Gasteiger partial charge in [-0.25, -0.2) is 0 Å². The molecule has 0 spiro atoms. The van der Waals surface area contributed by atoms with Crippen LogP contribution >= 0.6 is 0 Å². The molecule has 5 nitrogen and oxygen atoms in total. The van der Waals surface area contributed by atoms with Gasteiger partial charge in [0.15, 0.2) is 5.78 Å². The lowest BCUT2D eigenvalue weighted by atomic mass is 10.1. The van der Waals surface area contributed by atoms with Crippen molar-refractivity contribution < 1.29 is 19.4 Å². The Balaban J connectivity index is 2.02. The lowest BCUT2D eigenvalue weighted by Crippen LogP contribution is -2.21. The number of Topliss-reactive ketones (excluding diaryl/α,β-unsaturated/α-hetero) is 1. The quantitative estimate of drug-likeness (QED) is 0.369. The standard InChI is InChI=1S/C21H33NO4/c1-22(2)17-20(23)18-12-14-19(15-13-18)26-16-10-8-6-4-3-5-7-9-11-21(24)25/h12-15H,3-11,16-17H2,1-2H3,(H,24,25). The van der Waals surface area contributed by atoms with Gasteiger partial charge in [-0.3, -0.25) is 9.59 Å². The molecule has 1 rings (SSSR count). The Hall–Kier alpha value is -1.88. The molecule has 0 amide bonds. The van der Waals surface area contributed by atoms with Crippen LogP contribution in [0.5, 0.6) is 5.75 Å². The number of ether oxygens (including phenoxy) is 1. The summed E-state index contributed by atoms with van der Waals surface area (Å²) in [4.78, 5) is 24.2. The number of unbranched alkanes of at least 4 members (excludes halogenated alkanes) is 7. The smallest absolute Gasteiger partial charge is 0.303 e. The van der Waals surface area contributed by atoms with Crippen molar-refractivity contribution in [1.82, 2.24) is 4.90 Å². The van der Waals surface area contributed by atoms with Crippen LogP contribution in [0.1, 0.15) is 68.1 Å². The summed E-state index contributed by atoms with van der Waals surface area (Å²) in [5.74, 6) is 0.231. The lowest BCUT2D eigenvalue weighted by Gasteiger charge is -2.09. The fourth-order valence-electron chi connectivity index (χ4n) is 2.74. The summed E-state index contributed by atoms with van der Waals surface area (Å²) in [6.45, 7) is 1.11. The van der Waals surface area contributed by atoms with Gasteiger partial charge in [-0.05, 0) is 51.2 Å². The van der Waals surface area contributed by atoms with Crippen LogP contribution in [0.3, 0.4) is 0 Å². The van der Waals surface area contributed by atoms with Crippen LogP contribution in [0, 0.1) is 0 Å². The molecule has 0 radical (unpaired) electrons. The third-order valence-electron chi connectivity index (χ3n) is 4.19. The molecule has 0 bridgehead atoms. The van der Waals surface area contributed by atoms with E-state index in [-0.39, 0.29) is 5.78 Å². The average Bonchev–Trinajstić information content (AvgIpc) is 2.59. The molecule has 0 atom stereocenters. The van der Waals surface area contributed by atoms with Crippen molar-refractivity contribution in [2.45, 2.75) is 57.8 Å². The van der Waals surface area contributed by atoms with Gasteiger partial charge in [-0.15, -0.1) is 0 Å². The summed E-state index contributed by atoms with van der Waals surface area (Å²) in [5.41, 5.74) is 0.717. The second-order valence-corrected chi connectivity index (χ2v) is 7.01. The van der Waals surface area contributed by atoms with Gasteiger partial charge in [0.2, 0.25) is 0 Å². The molecule has 0 aliphatic heterocycles. The zero-order chi connectivity index (χ0) is 19.2. The molecule has 0 aliphatic rings. The summed E-state index contributed by atoms with van der Waals surface area (Å²) in [7, 11) is 3.77. The molecular weight excluding hydrogens is 330 g/mol. The van der Waals surface area contributed by atoms with E-state index < -0.39 is 5.97 Å². The summed E-state index contributed by atoms with van der Waals surface area (Å²) >= 11 is 0. The monoisotopic (exact) mass is 363 g/mol. The normalized spacial score (nSPS) is 10.9. The van der Waals surface area contributed by atoms with E-state index >= 15 is 0 Å². The minimum absolute atomic E-state index is 0.115. The third-order valence-corrected chi connectivity index (χ3v) is 4.19. The fraction of sp³-hybridized carbons (Fsp3) is 0.619. The maximum absolute atomic E-state index is 11.9. The second-order valence-electron chi connectivity index (χ2n) is 7.01. The Morgan fingerprint density at radius 2 is 1.42 bits per heavy atom. The molecule has 0 heterocycles. The summed E-state index contributed by atoms with van der Waals surface area (Å²) in [5, 5.41) is 8.56. The zero-order valence-corrected chi connectivity index (χ0v) is 16.2. The summed E-state index contributed by atoms with van der Waals surface area (Å²) in [6.07, 6.45) is 8.99. The first-order chi connectivity index (χ1) is 12.5. The van der Waals surface area contributed by atoms with Crippen LogP contribution in [0.25, 0.3) is 0 Å². The summed E-state index contributed by atoms with van der Waals surface area (Å²) < 4.78 is 5.73. The number of ketones is 1. The Morgan fingerprint density at radius 1 is 0.885 bits per heavy atom. The van der Waals surface area contributed by atoms with Crippen molar-refractivity contribution >= 4 is 11.8 Å². The molecule has 0 saturated heterocycles. The number of likely N-dealkylation sites (N-methyl/N-ethyl adjacent to an activating group) is 1. The molecule has 0 unspecified atom stereocenters. The first-order valence-electron chi connectivity index (χ1n) is 9.61. The van der Waals surface area contributed by atoms with Gasteiger partial charge in [-0.2, -0.15) is 0 Å². The number of nitrogens with zero attached hydrogens (tertiary/aromatic N) is 1. The predicted molar refractivity (Wildman–Crippen MR) is 104 cm³/mol. The van der Waals surface area contributed by atoms with Crippen LogP contribution in [0.2, 0.25) is 0 Å². The maximum Gasteiger partial charge on any atom is 0.303 e. The number of carboxylic acids is 1. The number of aliphatic carboxylic acids is 1. The molecular formula is C21H33NO4. The second kappa shape index (κ2) is 13.3. The number of hydrogen-bond acceptors (Lipinski definition) is 4. The Morgan fingerprint density at radius 3 is 1.96 bits per heavy atom. The number of carboxylic acid groups (broad SMARTS) is 1. The number of hydrogen-bond donors (Lipinski definition) is 1. The third kappa shape index (κ3) is 10.9. The minimum Gasteiger partial charge on any atom is -0.494 e. The molecule has 5 heteroatoms. The molecule has 1 aromatic rings. The van der Waals surface area contributed by atoms with Crippen molar-refractivity contribution in [1.29, 1.82) is 0 Å². The van der Waals surface area contributed by atoms with Gasteiger partial charge in [0, 0.05) is 12.0 Å². The van der Waals surface area contributed by atoms with E-state index in [1.807, 2.05) is 43.3 Å². The molecule has 146 valence electrons. The molecule has 0 saturated carbocycles.